The van der Waals surface area contributed by atoms with Crippen LogP contribution in [-0.2, 0) is 17.7 Å². The highest BCUT2D eigenvalue weighted by molar-refractivity contribution is 7.10. The monoisotopic (exact) mass is 328 g/mol. The van der Waals surface area contributed by atoms with Crippen LogP contribution in [0.5, 0.6) is 0 Å². The smallest absolute Gasteiger partial charge is 0.180 e. The van der Waals surface area contributed by atoms with Crippen molar-refractivity contribution in [2.24, 2.45) is 0 Å². The van der Waals surface area contributed by atoms with Gasteiger partial charge in [0.15, 0.2) is 5.82 Å². The Kier molecular flexibility index (Phi) is 4.79. The van der Waals surface area contributed by atoms with Crippen molar-refractivity contribution in [3.63, 3.8) is 0 Å². The Morgan fingerprint density at radius 3 is 3.19 bits per heavy atom. The molecule has 3 heterocycles. The van der Waals surface area contributed by atoms with Gasteiger partial charge in [-0.3, -0.25) is 10.00 Å². The number of nitrogens with zero attached hydrogens (tertiary/aromatic N) is 5. The first-order valence-corrected chi connectivity index (χ1v) is 8.13. The summed E-state index contributed by atoms with van der Waals surface area (Å²) >= 11 is 7.27. The fourth-order valence-electron chi connectivity index (χ4n) is 2.31. The summed E-state index contributed by atoms with van der Waals surface area (Å²) in [5, 5.41) is 11.3. The van der Waals surface area contributed by atoms with E-state index in [0.29, 0.717) is 17.5 Å². The minimum Gasteiger partial charge on any atom is -0.367 e. The van der Waals surface area contributed by atoms with E-state index in [4.69, 9.17) is 16.3 Å². The maximum atomic E-state index is 6.06. The van der Waals surface area contributed by atoms with Gasteiger partial charge in [-0.05, 0) is 6.42 Å². The van der Waals surface area contributed by atoms with Gasteiger partial charge < -0.3 is 4.74 Å². The summed E-state index contributed by atoms with van der Waals surface area (Å²) in [6.45, 7) is 5.03. The lowest BCUT2D eigenvalue weighted by Gasteiger charge is -2.30. The van der Waals surface area contributed by atoms with Crippen molar-refractivity contribution < 1.29 is 4.74 Å². The summed E-state index contributed by atoms with van der Waals surface area (Å²) in [7, 11) is 0. The van der Waals surface area contributed by atoms with E-state index in [9.17, 15) is 0 Å². The molecule has 0 bridgehead atoms. The van der Waals surface area contributed by atoms with E-state index < -0.39 is 0 Å². The molecule has 0 radical (unpaired) electrons. The predicted octanol–water partition coefficient (Wildman–Crippen LogP) is 1.84. The van der Waals surface area contributed by atoms with Crippen molar-refractivity contribution in [3.05, 3.63) is 21.7 Å². The molecule has 1 atom stereocenters. The van der Waals surface area contributed by atoms with Crippen LogP contribution in [0.15, 0.2) is 0 Å². The maximum Gasteiger partial charge on any atom is 0.180 e. The van der Waals surface area contributed by atoms with Gasteiger partial charge in [0.05, 0.1) is 6.61 Å². The zero-order chi connectivity index (χ0) is 14.7. The van der Waals surface area contributed by atoms with E-state index in [1.165, 1.54) is 11.5 Å². The highest BCUT2D eigenvalue weighted by Crippen LogP contribution is 2.23. The Balaban J connectivity index is 1.63. The van der Waals surface area contributed by atoms with Crippen molar-refractivity contribution in [1.29, 1.82) is 0 Å². The molecule has 2 aromatic rings. The molecule has 1 aliphatic rings. The molecular formula is C12H17ClN6OS. The average molecular weight is 329 g/mol. The molecule has 7 nitrogen and oxygen atoms in total. The molecule has 1 saturated heterocycles. The third-order valence-electron chi connectivity index (χ3n) is 3.36. The van der Waals surface area contributed by atoms with Crippen LogP contribution in [0.4, 0.5) is 0 Å². The second-order valence-electron chi connectivity index (χ2n) is 4.98. The van der Waals surface area contributed by atoms with E-state index in [1.807, 2.05) is 0 Å². The lowest BCUT2D eigenvalue weighted by molar-refractivity contribution is -0.0374. The van der Waals surface area contributed by atoms with E-state index >= 15 is 0 Å². The molecule has 0 aromatic carbocycles. The Labute approximate surface area is 131 Å². The van der Waals surface area contributed by atoms with E-state index in [2.05, 4.69) is 36.6 Å². The Hall–Kier alpha value is -1.09. The highest BCUT2D eigenvalue weighted by atomic mass is 35.5. The summed E-state index contributed by atoms with van der Waals surface area (Å²) in [5.74, 6) is 1.64. The summed E-state index contributed by atoms with van der Waals surface area (Å²) in [6.07, 6.45) is 1.84. The van der Waals surface area contributed by atoms with Gasteiger partial charge >= 0.3 is 0 Å². The largest absolute Gasteiger partial charge is 0.367 e. The van der Waals surface area contributed by atoms with Crippen LogP contribution in [0.3, 0.4) is 0 Å². The number of aromatic nitrogens is 5. The summed E-state index contributed by atoms with van der Waals surface area (Å²) < 4.78 is 10.3. The van der Waals surface area contributed by atoms with E-state index in [-0.39, 0.29) is 6.10 Å². The van der Waals surface area contributed by atoms with Gasteiger partial charge in [-0.25, -0.2) is 4.98 Å². The number of aryl methyl sites for hydroxylation is 1. The minimum atomic E-state index is -0.106. The molecule has 0 aliphatic carbocycles. The molecule has 0 amide bonds. The van der Waals surface area contributed by atoms with Gasteiger partial charge in [0.1, 0.15) is 22.0 Å². The van der Waals surface area contributed by atoms with Crippen molar-refractivity contribution in [1.82, 2.24) is 29.7 Å². The summed E-state index contributed by atoms with van der Waals surface area (Å²) in [4.78, 5) is 6.75. The zero-order valence-corrected chi connectivity index (χ0v) is 13.3. The molecule has 1 fully saturated rings. The van der Waals surface area contributed by atoms with Crippen LogP contribution in [0.1, 0.15) is 36.8 Å². The molecular weight excluding hydrogens is 312 g/mol. The average Bonchev–Trinajstić information content (AvgIpc) is 3.10. The summed E-state index contributed by atoms with van der Waals surface area (Å²) in [6, 6.07) is 0. The van der Waals surface area contributed by atoms with Crippen LogP contribution in [0.2, 0.25) is 4.34 Å². The molecule has 21 heavy (non-hydrogen) atoms. The van der Waals surface area contributed by atoms with Crippen LogP contribution in [0, 0.1) is 0 Å². The van der Waals surface area contributed by atoms with Gasteiger partial charge in [0.25, 0.3) is 0 Å². The molecule has 0 spiro atoms. The molecule has 1 N–H and O–H groups in total. The molecule has 0 saturated carbocycles. The first kappa shape index (κ1) is 14.8. The van der Waals surface area contributed by atoms with Crippen LogP contribution in [0.25, 0.3) is 0 Å². The standard InChI is InChI=1S/C12H17ClN6OS/c1-2-3-10-14-12(17-16-10)9-7-19(4-5-20-9)6-8-11(13)21-18-15-8/h9H,2-7H2,1H3,(H,14,16,17). The number of ether oxygens (including phenoxy) is 1. The van der Waals surface area contributed by atoms with E-state index in [1.54, 1.807) is 0 Å². The highest BCUT2D eigenvalue weighted by Gasteiger charge is 2.26. The number of aromatic amines is 1. The number of nitrogens with one attached hydrogen (secondary N) is 1. The first-order valence-electron chi connectivity index (χ1n) is 6.98. The number of hydrogen-bond donors (Lipinski definition) is 1. The molecule has 114 valence electrons. The Bertz CT molecular complexity index is 588. The lowest BCUT2D eigenvalue weighted by Crippen LogP contribution is -2.38. The fraction of sp³-hybridized carbons (Fsp3) is 0.667. The normalized spacial score (nSPS) is 20.0. The zero-order valence-electron chi connectivity index (χ0n) is 11.8. The second-order valence-corrected chi connectivity index (χ2v) is 6.33. The number of H-pyrrole nitrogens is 1. The first-order chi connectivity index (χ1) is 10.3. The molecule has 2 aromatic heterocycles. The topological polar surface area (TPSA) is 79.8 Å². The van der Waals surface area contributed by atoms with Crippen molar-refractivity contribution in [3.8, 4) is 0 Å². The SMILES string of the molecule is CCCc1nc(C2CN(Cc3nnsc3Cl)CCO2)n[nH]1. The third kappa shape index (κ3) is 3.57. The quantitative estimate of drug-likeness (QED) is 0.902. The maximum absolute atomic E-state index is 6.06. The van der Waals surface area contributed by atoms with Crippen LogP contribution >= 0.6 is 23.1 Å². The van der Waals surface area contributed by atoms with Crippen molar-refractivity contribution in [2.75, 3.05) is 19.7 Å². The van der Waals surface area contributed by atoms with Crippen molar-refractivity contribution >= 4 is 23.1 Å². The number of rotatable bonds is 5. The van der Waals surface area contributed by atoms with Gasteiger partial charge in [0.2, 0.25) is 0 Å². The minimum absolute atomic E-state index is 0.106. The second kappa shape index (κ2) is 6.78. The van der Waals surface area contributed by atoms with Crippen molar-refractivity contribution in [2.45, 2.75) is 32.4 Å². The van der Waals surface area contributed by atoms with Gasteiger partial charge in [-0.2, -0.15) is 5.10 Å². The molecule has 3 rings (SSSR count). The summed E-state index contributed by atoms with van der Waals surface area (Å²) in [5.41, 5.74) is 0.823. The van der Waals surface area contributed by atoms with Crippen LogP contribution in [-0.4, -0.2) is 49.4 Å². The van der Waals surface area contributed by atoms with Gasteiger partial charge in [0, 0.05) is 37.6 Å². The Morgan fingerprint density at radius 1 is 1.52 bits per heavy atom. The van der Waals surface area contributed by atoms with Crippen LogP contribution < -0.4 is 0 Å². The fourth-order valence-corrected chi connectivity index (χ4v) is 2.92. The number of halogens is 1. The van der Waals surface area contributed by atoms with Gasteiger partial charge in [-0.15, -0.1) is 5.10 Å². The molecule has 1 unspecified atom stereocenters. The lowest BCUT2D eigenvalue weighted by atomic mass is 10.2. The predicted molar refractivity (Wildman–Crippen MR) is 79.3 cm³/mol. The van der Waals surface area contributed by atoms with E-state index in [0.717, 1.165) is 43.3 Å². The number of morpholine rings is 1. The number of hydrogen-bond acceptors (Lipinski definition) is 7. The Morgan fingerprint density at radius 2 is 2.43 bits per heavy atom. The van der Waals surface area contributed by atoms with Gasteiger partial charge in [-0.1, -0.05) is 23.0 Å². The molecule has 1 aliphatic heterocycles. The third-order valence-corrected chi connectivity index (χ3v) is 4.34. The molecule has 9 heteroatoms.